The Morgan fingerprint density at radius 1 is 1.69 bits per heavy atom. The van der Waals surface area contributed by atoms with Gasteiger partial charge in [0.05, 0.1) is 5.56 Å². The van der Waals surface area contributed by atoms with Gasteiger partial charge in [-0.3, -0.25) is 0 Å². The van der Waals surface area contributed by atoms with Crippen LogP contribution in [0.2, 0.25) is 0 Å². The van der Waals surface area contributed by atoms with Crippen LogP contribution in [0.1, 0.15) is 23.0 Å². The van der Waals surface area contributed by atoms with Gasteiger partial charge in [0.25, 0.3) is 0 Å². The smallest absolute Gasteiger partial charge is 0.335 e. The molecule has 0 aliphatic rings. The third-order valence-corrected chi connectivity index (χ3v) is 2.00. The number of aromatic carboxylic acids is 1. The van der Waals surface area contributed by atoms with Gasteiger partial charge >= 0.3 is 5.97 Å². The molecular formula is C9H11NO3. The highest BCUT2D eigenvalue weighted by atomic mass is 16.4. The first kappa shape index (κ1) is 9.51. The van der Waals surface area contributed by atoms with E-state index in [0.29, 0.717) is 12.2 Å². The van der Waals surface area contributed by atoms with Crippen LogP contribution in [-0.2, 0) is 6.54 Å². The van der Waals surface area contributed by atoms with Gasteiger partial charge in [-0.15, -0.1) is 0 Å². The van der Waals surface area contributed by atoms with Crippen LogP contribution >= 0.6 is 0 Å². The minimum atomic E-state index is -1.17. The first-order valence-corrected chi connectivity index (χ1v) is 4.01. The van der Waals surface area contributed by atoms with Crippen molar-refractivity contribution in [3.63, 3.8) is 0 Å². The summed E-state index contributed by atoms with van der Waals surface area (Å²) >= 11 is 0. The maximum absolute atomic E-state index is 11.4. The first-order valence-electron chi connectivity index (χ1n) is 4.01. The second-order valence-electron chi connectivity index (χ2n) is 2.74. The van der Waals surface area contributed by atoms with Crippen LogP contribution < -0.4 is 9.67 Å². The molecule has 1 N–H and O–H groups in total. The Morgan fingerprint density at radius 2 is 2.31 bits per heavy atom. The Balaban J connectivity index is 3.31. The van der Waals surface area contributed by atoms with Crippen LogP contribution in [0.3, 0.4) is 0 Å². The summed E-state index contributed by atoms with van der Waals surface area (Å²) in [7, 11) is 0. The molecule has 0 saturated carbocycles. The molecule has 13 heavy (non-hydrogen) atoms. The van der Waals surface area contributed by atoms with Crippen molar-refractivity contribution in [3.05, 3.63) is 23.5 Å². The van der Waals surface area contributed by atoms with Crippen molar-refractivity contribution >= 4 is 5.97 Å². The Labute approximate surface area is 76.1 Å². The van der Waals surface area contributed by atoms with E-state index in [1.54, 1.807) is 17.7 Å². The maximum Gasteiger partial charge on any atom is 0.335 e. The van der Waals surface area contributed by atoms with Crippen molar-refractivity contribution in [2.24, 2.45) is 0 Å². The van der Waals surface area contributed by atoms with E-state index in [1.165, 1.54) is 6.07 Å². The molecule has 1 rings (SSSR count). The molecule has 0 aromatic carbocycles. The maximum atomic E-state index is 11.4. The minimum absolute atomic E-state index is 0.165. The van der Waals surface area contributed by atoms with Crippen LogP contribution in [0.5, 0.6) is 5.75 Å². The average molecular weight is 181 g/mol. The van der Waals surface area contributed by atoms with Crippen LogP contribution in [0.4, 0.5) is 0 Å². The predicted molar refractivity (Wildman–Crippen MR) is 43.5 cm³/mol. The van der Waals surface area contributed by atoms with Crippen molar-refractivity contribution in [1.82, 2.24) is 0 Å². The zero-order valence-electron chi connectivity index (χ0n) is 7.57. The summed E-state index contributed by atoms with van der Waals surface area (Å²) in [5, 5.41) is 20.0. The fourth-order valence-electron chi connectivity index (χ4n) is 1.19. The third kappa shape index (κ3) is 1.61. The van der Waals surface area contributed by atoms with Gasteiger partial charge in [0.1, 0.15) is 6.54 Å². The molecule has 0 unspecified atom stereocenters. The van der Waals surface area contributed by atoms with Gasteiger partial charge in [-0.1, -0.05) is 0 Å². The monoisotopic (exact) mass is 181 g/mol. The summed E-state index contributed by atoms with van der Waals surface area (Å²) in [6, 6.07) is 1.33. The Kier molecular flexibility index (Phi) is 2.51. The number of aryl methyl sites for hydroxylation is 1. The lowest BCUT2D eigenvalue weighted by atomic mass is 10.2. The minimum Gasteiger partial charge on any atom is -0.868 e. The van der Waals surface area contributed by atoms with Crippen molar-refractivity contribution in [1.29, 1.82) is 0 Å². The fraction of sp³-hybridized carbons (Fsp3) is 0.333. The van der Waals surface area contributed by atoms with E-state index in [2.05, 4.69) is 0 Å². The van der Waals surface area contributed by atoms with Gasteiger partial charge in [0.15, 0.2) is 11.9 Å². The molecule has 0 saturated heterocycles. The van der Waals surface area contributed by atoms with Crippen molar-refractivity contribution in [2.45, 2.75) is 20.4 Å². The largest absolute Gasteiger partial charge is 0.868 e. The van der Waals surface area contributed by atoms with E-state index in [9.17, 15) is 9.90 Å². The molecule has 70 valence electrons. The van der Waals surface area contributed by atoms with E-state index in [4.69, 9.17) is 5.11 Å². The third-order valence-electron chi connectivity index (χ3n) is 2.00. The molecule has 1 aromatic rings. The number of carboxylic acid groups (broad SMARTS) is 1. The highest BCUT2D eigenvalue weighted by Gasteiger charge is 2.12. The summed E-state index contributed by atoms with van der Waals surface area (Å²) in [6.07, 6.45) is 1.61. The fourth-order valence-corrected chi connectivity index (χ4v) is 1.19. The molecule has 1 heterocycles. The molecular weight excluding hydrogens is 170 g/mol. The molecule has 1 aromatic heterocycles. The number of aromatic nitrogens is 1. The number of carboxylic acids is 1. The molecule has 0 fully saturated rings. The van der Waals surface area contributed by atoms with Gasteiger partial charge in [-0.05, 0) is 12.7 Å². The predicted octanol–water partition coefficient (Wildman–Crippen LogP) is 0.0742. The number of hydrogen-bond donors (Lipinski definition) is 1. The molecule has 0 atom stereocenters. The lowest BCUT2D eigenvalue weighted by molar-refractivity contribution is -0.701. The summed E-state index contributed by atoms with van der Waals surface area (Å²) in [4.78, 5) is 10.6. The Hall–Kier alpha value is -1.58. The van der Waals surface area contributed by atoms with Crippen molar-refractivity contribution in [3.8, 4) is 5.75 Å². The molecule has 0 spiro atoms. The van der Waals surface area contributed by atoms with Crippen molar-refractivity contribution < 1.29 is 19.6 Å². The van der Waals surface area contributed by atoms with E-state index in [-0.39, 0.29) is 5.56 Å². The highest BCUT2D eigenvalue weighted by molar-refractivity contribution is 5.90. The van der Waals surface area contributed by atoms with E-state index in [1.807, 2.05) is 6.92 Å². The molecule has 0 bridgehead atoms. The van der Waals surface area contributed by atoms with E-state index >= 15 is 0 Å². The molecule has 0 radical (unpaired) electrons. The molecule has 0 amide bonds. The topological polar surface area (TPSA) is 64.2 Å². The second kappa shape index (κ2) is 3.43. The van der Waals surface area contributed by atoms with Crippen LogP contribution in [0.15, 0.2) is 12.3 Å². The molecule has 4 nitrogen and oxygen atoms in total. The SMILES string of the molecule is CC[n+]1ccc(C(=O)O)c([O-])c1C. The number of nitrogens with zero attached hydrogens (tertiary/aromatic N) is 1. The normalized spacial score (nSPS) is 10.0. The summed E-state index contributed by atoms with van der Waals surface area (Å²) in [5.41, 5.74) is 0.296. The summed E-state index contributed by atoms with van der Waals surface area (Å²) < 4.78 is 1.72. The summed E-state index contributed by atoms with van der Waals surface area (Å²) in [6.45, 7) is 4.19. The molecule has 0 aliphatic heterocycles. The van der Waals surface area contributed by atoms with Gasteiger partial charge in [0, 0.05) is 13.0 Å². The molecule has 0 aliphatic carbocycles. The van der Waals surface area contributed by atoms with Gasteiger partial charge in [-0.25, -0.2) is 9.36 Å². The quantitative estimate of drug-likeness (QED) is 0.657. The second-order valence-corrected chi connectivity index (χ2v) is 2.74. The highest BCUT2D eigenvalue weighted by Crippen LogP contribution is 2.14. The number of hydrogen-bond acceptors (Lipinski definition) is 2. The zero-order chi connectivity index (χ0) is 10.0. The zero-order valence-corrected chi connectivity index (χ0v) is 7.57. The van der Waals surface area contributed by atoms with Crippen LogP contribution in [0, 0.1) is 6.92 Å². The Morgan fingerprint density at radius 3 is 2.77 bits per heavy atom. The number of rotatable bonds is 2. The van der Waals surface area contributed by atoms with Crippen LogP contribution in [-0.4, -0.2) is 11.1 Å². The number of carbonyl (C=O) groups is 1. The van der Waals surface area contributed by atoms with Gasteiger partial charge in [-0.2, -0.15) is 0 Å². The first-order chi connectivity index (χ1) is 6.07. The number of pyridine rings is 1. The average Bonchev–Trinajstić information content (AvgIpc) is 2.09. The Bertz CT molecular complexity index is 347. The van der Waals surface area contributed by atoms with E-state index < -0.39 is 11.7 Å². The van der Waals surface area contributed by atoms with Gasteiger partial charge in [0.2, 0.25) is 0 Å². The lowest BCUT2D eigenvalue weighted by Gasteiger charge is -2.11. The molecule has 4 heteroatoms. The van der Waals surface area contributed by atoms with E-state index in [0.717, 1.165) is 0 Å². The van der Waals surface area contributed by atoms with Gasteiger partial charge < -0.3 is 10.2 Å². The standard InChI is InChI=1S/C9H11NO3/c1-3-10-5-4-7(9(12)13)8(11)6(10)2/h4-5H,3H2,1-2H3,(H-,11,12,13). The van der Waals surface area contributed by atoms with Crippen LogP contribution in [0.25, 0.3) is 0 Å². The van der Waals surface area contributed by atoms with Crippen molar-refractivity contribution in [2.75, 3.05) is 0 Å². The lowest BCUT2D eigenvalue weighted by Crippen LogP contribution is -2.37. The summed E-state index contributed by atoms with van der Waals surface area (Å²) in [5.74, 6) is -1.58.